The summed E-state index contributed by atoms with van der Waals surface area (Å²) in [6, 6.07) is 0. The quantitative estimate of drug-likeness (QED) is 0.553. The summed E-state index contributed by atoms with van der Waals surface area (Å²) in [5.41, 5.74) is 0. The minimum Gasteiger partial charge on any atom is -0.668 e. The van der Waals surface area contributed by atoms with E-state index in [1.807, 2.05) is 0 Å². The van der Waals surface area contributed by atoms with Gasteiger partial charge >= 0.3 is 21.7 Å². The molecule has 0 N–H and O–H groups in total. The Morgan fingerprint density at radius 3 is 1.72 bits per heavy atom. The van der Waals surface area contributed by atoms with E-state index in [-0.39, 0.29) is 29.1 Å². The summed E-state index contributed by atoms with van der Waals surface area (Å²) in [4.78, 5) is 0. The Kier molecular flexibility index (Phi) is 34.0. The molecule has 1 fully saturated rings. The minimum absolute atomic E-state index is 0. The SMILES string of the molecule is C[N-]C.C[N-]C.C[N-]CCC1CCCC1F.[CH3-].[Ti+4]. The van der Waals surface area contributed by atoms with E-state index in [4.69, 9.17) is 0 Å². The van der Waals surface area contributed by atoms with E-state index in [2.05, 4.69) is 16.0 Å². The summed E-state index contributed by atoms with van der Waals surface area (Å²) in [7, 11) is 8.79. The van der Waals surface area contributed by atoms with Gasteiger partial charge in [0.05, 0.1) is 0 Å². The third-order valence-electron chi connectivity index (χ3n) is 2.29. The maximum Gasteiger partial charge on any atom is 4.00 e. The molecular formula is C13H30FN3Ti. The van der Waals surface area contributed by atoms with E-state index in [0.29, 0.717) is 5.92 Å². The van der Waals surface area contributed by atoms with Crippen LogP contribution >= 0.6 is 0 Å². The van der Waals surface area contributed by atoms with Gasteiger partial charge in [-0.2, -0.15) is 35.2 Å². The van der Waals surface area contributed by atoms with Crippen LogP contribution in [0.3, 0.4) is 0 Å². The standard InChI is InChI=1S/C8H15FN.2C2H6N.CH3.Ti/c1-10-6-5-7-3-2-4-8(7)9;2*1-3-2;;/h7-8H,2-6H2,1H3;2*1-2H3;1H3;/q4*-1;+4. The summed E-state index contributed by atoms with van der Waals surface area (Å²) in [5, 5.41) is 11.0. The van der Waals surface area contributed by atoms with Crippen molar-refractivity contribution < 1.29 is 26.1 Å². The minimum atomic E-state index is -0.526. The first-order chi connectivity index (χ1) is 7.67. The number of hydrogen-bond donors (Lipinski definition) is 0. The van der Waals surface area contributed by atoms with Crippen molar-refractivity contribution in [3.05, 3.63) is 23.4 Å². The molecule has 0 aromatic rings. The fourth-order valence-electron chi connectivity index (χ4n) is 1.61. The molecule has 2 atom stereocenters. The molecule has 0 amide bonds. The van der Waals surface area contributed by atoms with Crippen LogP contribution in [0.1, 0.15) is 25.7 Å². The van der Waals surface area contributed by atoms with Gasteiger partial charge in [0, 0.05) is 0 Å². The third kappa shape index (κ3) is 18.9. The number of rotatable bonds is 3. The van der Waals surface area contributed by atoms with Crippen LogP contribution in [0.4, 0.5) is 4.39 Å². The van der Waals surface area contributed by atoms with Crippen molar-refractivity contribution in [1.82, 2.24) is 0 Å². The zero-order chi connectivity index (χ0) is 12.8. The van der Waals surface area contributed by atoms with E-state index < -0.39 is 6.17 Å². The predicted molar refractivity (Wildman–Crippen MR) is 77.8 cm³/mol. The van der Waals surface area contributed by atoms with Crippen LogP contribution in [0.5, 0.6) is 0 Å². The molecule has 5 heteroatoms. The van der Waals surface area contributed by atoms with Crippen LogP contribution in [-0.2, 0) is 21.7 Å². The molecule has 0 aliphatic heterocycles. The Morgan fingerprint density at radius 1 is 1.00 bits per heavy atom. The smallest absolute Gasteiger partial charge is 0.668 e. The molecule has 0 radical (unpaired) electrons. The Labute approximate surface area is 129 Å². The first-order valence-electron chi connectivity index (χ1n) is 5.83. The summed E-state index contributed by atoms with van der Waals surface area (Å²) in [5.74, 6) is 0.323. The predicted octanol–water partition coefficient (Wildman–Crippen LogP) is 4.21. The van der Waals surface area contributed by atoms with Gasteiger partial charge in [0.25, 0.3) is 0 Å². The van der Waals surface area contributed by atoms with Gasteiger partial charge in [0.1, 0.15) is 6.17 Å². The Bertz CT molecular complexity index is 127. The van der Waals surface area contributed by atoms with E-state index >= 15 is 0 Å². The number of alkyl halides is 1. The fraction of sp³-hybridized carbons (Fsp3) is 0.923. The van der Waals surface area contributed by atoms with Crippen molar-refractivity contribution in [3.8, 4) is 0 Å². The molecule has 3 nitrogen and oxygen atoms in total. The zero-order valence-corrected chi connectivity index (χ0v) is 14.5. The maximum absolute atomic E-state index is 12.9. The van der Waals surface area contributed by atoms with Gasteiger partial charge in [-0.05, 0) is 18.8 Å². The average molecular weight is 295 g/mol. The van der Waals surface area contributed by atoms with Crippen LogP contribution in [0.2, 0.25) is 0 Å². The molecule has 0 spiro atoms. The number of halogens is 1. The van der Waals surface area contributed by atoms with Crippen LogP contribution in [-0.4, -0.2) is 48.0 Å². The molecular weight excluding hydrogens is 265 g/mol. The van der Waals surface area contributed by atoms with Gasteiger partial charge in [-0.15, -0.1) is 6.54 Å². The molecule has 1 saturated carbocycles. The van der Waals surface area contributed by atoms with Gasteiger partial charge in [0.2, 0.25) is 0 Å². The second kappa shape index (κ2) is 22.7. The first kappa shape index (κ1) is 27.0. The van der Waals surface area contributed by atoms with Crippen molar-refractivity contribution in [2.24, 2.45) is 5.92 Å². The summed E-state index contributed by atoms with van der Waals surface area (Å²) in [6.45, 7) is 0.838. The van der Waals surface area contributed by atoms with Crippen LogP contribution in [0.15, 0.2) is 0 Å². The summed E-state index contributed by atoms with van der Waals surface area (Å²) < 4.78 is 12.9. The van der Waals surface area contributed by atoms with Crippen LogP contribution in [0, 0.1) is 13.3 Å². The van der Waals surface area contributed by atoms with Crippen molar-refractivity contribution in [2.45, 2.75) is 31.9 Å². The molecule has 108 valence electrons. The Morgan fingerprint density at radius 2 is 1.44 bits per heavy atom. The average Bonchev–Trinajstić information content (AvgIpc) is 2.63. The molecule has 18 heavy (non-hydrogen) atoms. The number of hydrogen-bond acceptors (Lipinski definition) is 0. The van der Waals surface area contributed by atoms with Crippen LogP contribution in [0.25, 0.3) is 16.0 Å². The summed E-state index contributed by atoms with van der Waals surface area (Å²) >= 11 is 0. The third-order valence-corrected chi connectivity index (χ3v) is 2.29. The van der Waals surface area contributed by atoms with E-state index in [1.54, 1.807) is 35.2 Å². The van der Waals surface area contributed by atoms with Gasteiger partial charge < -0.3 is 23.4 Å². The first-order valence-corrected chi connectivity index (χ1v) is 5.83. The molecule has 0 bridgehead atoms. The molecule has 1 rings (SSSR count). The molecule has 1 aliphatic carbocycles. The zero-order valence-electron chi connectivity index (χ0n) is 12.9. The van der Waals surface area contributed by atoms with Crippen molar-refractivity contribution in [2.75, 3.05) is 41.8 Å². The van der Waals surface area contributed by atoms with Crippen LogP contribution < -0.4 is 0 Å². The Balaban J connectivity index is -0.000000106. The van der Waals surface area contributed by atoms with E-state index in [0.717, 1.165) is 32.2 Å². The largest absolute Gasteiger partial charge is 4.00 e. The van der Waals surface area contributed by atoms with Gasteiger partial charge in [-0.1, -0.05) is 12.8 Å². The molecule has 0 aromatic carbocycles. The molecule has 2 unspecified atom stereocenters. The fourth-order valence-corrected chi connectivity index (χ4v) is 1.61. The van der Waals surface area contributed by atoms with Gasteiger partial charge in [-0.3, -0.25) is 0 Å². The van der Waals surface area contributed by atoms with Gasteiger partial charge in [-0.25, -0.2) is 4.39 Å². The molecule has 1 aliphatic rings. The molecule has 0 saturated heterocycles. The molecule has 0 aromatic heterocycles. The Hall–Kier alpha value is 0.524. The second-order valence-corrected chi connectivity index (χ2v) is 3.93. The summed E-state index contributed by atoms with van der Waals surface area (Å²) in [6.07, 6.45) is 3.37. The normalized spacial score (nSPS) is 20.3. The maximum atomic E-state index is 12.9. The monoisotopic (exact) mass is 295 g/mol. The topological polar surface area (TPSA) is 42.3 Å². The molecule has 0 heterocycles. The van der Waals surface area contributed by atoms with Crippen molar-refractivity contribution >= 4 is 0 Å². The second-order valence-electron chi connectivity index (χ2n) is 3.93. The number of nitrogens with zero attached hydrogens (tertiary/aromatic N) is 3. The van der Waals surface area contributed by atoms with Crippen molar-refractivity contribution in [3.63, 3.8) is 0 Å². The van der Waals surface area contributed by atoms with E-state index in [9.17, 15) is 4.39 Å². The van der Waals surface area contributed by atoms with Gasteiger partial charge in [0.15, 0.2) is 0 Å². The van der Waals surface area contributed by atoms with E-state index in [1.165, 1.54) is 0 Å². The van der Waals surface area contributed by atoms with Crippen molar-refractivity contribution in [1.29, 1.82) is 0 Å².